The number of aryl methyl sites for hydroxylation is 1. The number of ether oxygens (including phenoxy) is 1. The molecular formula is C24H25N3O3S. The quantitative estimate of drug-likeness (QED) is 0.613. The van der Waals surface area contributed by atoms with E-state index < -0.39 is 6.10 Å². The second-order valence-electron chi connectivity index (χ2n) is 7.91. The van der Waals surface area contributed by atoms with Gasteiger partial charge in [-0.05, 0) is 49.6 Å². The van der Waals surface area contributed by atoms with E-state index in [2.05, 4.69) is 24.1 Å². The number of fused-ring (bicyclic) bond motifs is 1. The van der Waals surface area contributed by atoms with Crippen molar-refractivity contribution in [3.8, 4) is 17.0 Å². The molecule has 0 saturated carbocycles. The summed E-state index contributed by atoms with van der Waals surface area (Å²) < 4.78 is 5.78. The molecular weight excluding hydrogens is 410 g/mol. The number of amides is 2. The third-order valence-electron chi connectivity index (χ3n) is 5.24. The fraction of sp³-hybridized carbons (Fsp3) is 0.292. The van der Waals surface area contributed by atoms with Crippen LogP contribution in [0, 0.1) is 6.92 Å². The number of nitrogens with zero attached hydrogens (tertiary/aromatic N) is 2. The van der Waals surface area contributed by atoms with Crippen molar-refractivity contribution >= 4 is 34.5 Å². The maximum absolute atomic E-state index is 12.9. The molecule has 2 amide bonds. The number of benzene rings is 2. The predicted molar refractivity (Wildman–Crippen MR) is 124 cm³/mol. The van der Waals surface area contributed by atoms with Crippen LogP contribution in [0.1, 0.15) is 37.3 Å². The van der Waals surface area contributed by atoms with Gasteiger partial charge in [-0.15, -0.1) is 11.3 Å². The van der Waals surface area contributed by atoms with Crippen molar-refractivity contribution in [1.82, 2.24) is 4.98 Å². The highest BCUT2D eigenvalue weighted by Crippen LogP contribution is 2.37. The number of para-hydroxylation sites is 1. The normalized spacial score (nSPS) is 15.6. The molecule has 0 bridgehead atoms. The van der Waals surface area contributed by atoms with Crippen molar-refractivity contribution in [1.29, 1.82) is 0 Å². The van der Waals surface area contributed by atoms with Crippen LogP contribution < -0.4 is 15.0 Å². The Hall–Kier alpha value is -3.19. The number of nitrogens with one attached hydrogen (secondary N) is 1. The average Bonchev–Trinajstić information content (AvgIpc) is 3.17. The SMILES string of the molecule is Cc1nc(-c2ccc3c(c2)N(CC(=O)Nc2ccccc2C(C)C)C(=O)C(C)O3)cs1. The average molecular weight is 436 g/mol. The number of anilines is 2. The van der Waals surface area contributed by atoms with Gasteiger partial charge in [-0.2, -0.15) is 0 Å². The maximum atomic E-state index is 12.9. The standard InChI is InChI=1S/C24H25N3O3S/c1-14(2)18-7-5-6-8-19(18)26-23(28)12-27-21-11-17(20-13-31-16(4)25-20)9-10-22(21)30-15(3)24(27)29/h5-11,13-15H,12H2,1-4H3,(H,26,28). The van der Waals surface area contributed by atoms with Crippen LogP contribution in [-0.2, 0) is 9.59 Å². The Morgan fingerprint density at radius 2 is 2.03 bits per heavy atom. The van der Waals surface area contributed by atoms with Crippen LogP contribution in [0.25, 0.3) is 11.3 Å². The van der Waals surface area contributed by atoms with E-state index in [1.54, 1.807) is 18.3 Å². The smallest absolute Gasteiger partial charge is 0.268 e. The minimum absolute atomic E-state index is 0.0918. The zero-order chi connectivity index (χ0) is 22.1. The van der Waals surface area contributed by atoms with Gasteiger partial charge in [-0.3, -0.25) is 14.5 Å². The van der Waals surface area contributed by atoms with Gasteiger partial charge in [-0.25, -0.2) is 4.98 Å². The first-order valence-electron chi connectivity index (χ1n) is 10.3. The third-order valence-corrected chi connectivity index (χ3v) is 6.01. The summed E-state index contributed by atoms with van der Waals surface area (Å²) in [7, 11) is 0. The van der Waals surface area contributed by atoms with Crippen LogP contribution in [0.15, 0.2) is 47.8 Å². The molecule has 0 fully saturated rings. The summed E-state index contributed by atoms with van der Waals surface area (Å²) in [6, 6.07) is 13.3. The van der Waals surface area contributed by atoms with E-state index in [4.69, 9.17) is 4.74 Å². The summed E-state index contributed by atoms with van der Waals surface area (Å²) in [5.74, 6) is 0.354. The van der Waals surface area contributed by atoms with Crippen LogP contribution in [0.4, 0.5) is 11.4 Å². The highest BCUT2D eigenvalue weighted by atomic mass is 32.1. The number of hydrogen-bond donors (Lipinski definition) is 1. The Bertz CT molecular complexity index is 1140. The lowest BCUT2D eigenvalue weighted by Crippen LogP contribution is -2.47. The van der Waals surface area contributed by atoms with Crippen molar-refractivity contribution in [3.63, 3.8) is 0 Å². The molecule has 160 valence electrons. The molecule has 4 rings (SSSR count). The number of carbonyl (C=O) groups is 2. The van der Waals surface area contributed by atoms with E-state index in [0.717, 1.165) is 27.5 Å². The first-order valence-corrected chi connectivity index (χ1v) is 11.1. The van der Waals surface area contributed by atoms with E-state index in [9.17, 15) is 9.59 Å². The molecule has 1 aromatic heterocycles. The van der Waals surface area contributed by atoms with Crippen molar-refractivity contribution < 1.29 is 14.3 Å². The molecule has 0 radical (unpaired) electrons. The topological polar surface area (TPSA) is 71.5 Å². The van der Waals surface area contributed by atoms with Gasteiger partial charge in [0.1, 0.15) is 12.3 Å². The van der Waals surface area contributed by atoms with Gasteiger partial charge in [0.25, 0.3) is 5.91 Å². The molecule has 0 spiro atoms. The van der Waals surface area contributed by atoms with Crippen molar-refractivity contribution in [2.45, 2.75) is 39.7 Å². The second-order valence-corrected chi connectivity index (χ2v) is 8.97. The van der Waals surface area contributed by atoms with Gasteiger partial charge in [0.15, 0.2) is 6.10 Å². The van der Waals surface area contributed by atoms with Crippen molar-refractivity contribution in [2.75, 3.05) is 16.8 Å². The van der Waals surface area contributed by atoms with E-state index in [1.807, 2.05) is 54.8 Å². The zero-order valence-electron chi connectivity index (χ0n) is 18.0. The Labute approximate surface area is 185 Å². The molecule has 3 aromatic rings. The molecule has 1 aliphatic heterocycles. The summed E-state index contributed by atoms with van der Waals surface area (Å²) in [4.78, 5) is 31.9. The molecule has 0 aliphatic carbocycles. The lowest BCUT2D eigenvalue weighted by molar-refractivity contribution is -0.127. The summed E-state index contributed by atoms with van der Waals surface area (Å²) in [6.07, 6.45) is -0.657. The predicted octanol–water partition coefficient (Wildman–Crippen LogP) is 4.99. The minimum Gasteiger partial charge on any atom is -0.479 e. The van der Waals surface area contributed by atoms with Crippen molar-refractivity contribution in [3.05, 3.63) is 58.4 Å². The van der Waals surface area contributed by atoms with Gasteiger partial charge in [0, 0.05) is 16.6 Å². The first-order chi connectivity index (χ1) is 14.8. The molecule has 1 N–H and O–H groups in total. The Morgan fingerprint density at radius 3 is 2.74 bits per heavy atom. The lowest BCUT2D eigenvalue weighted by atomic mass is 10.0. The van der Waals surface area contributed by atoms with Crippen LogP contribution in [0.2, 0.25) is 0 Å². The molecule has 0 saturated heterocycles. The number of aromatic nitrogens is 1. The minimum atomic E-state index is -0.657. The number of thiazole rings is 1. The van der Waals surface area contributed by atoms with E-state index in [-0.39, 0.29) is 24.3 Å². The van der Waals surface area contributed by atoms with Gasteiger partial charge >= 0.3 is 0 Å². The second kappa shape index (κ2) is 8.51. The fourth-order valence-electron chi connectivity index (χ4n) is 3.67. The largest absolute Gasteiger partial charge is 0.479 e. The van der Waals surface area contributed by atoms with E-state index in [0.29, 0.717) is 11.4 Å². The molecule has 6 nitrogen and oxygen atoms in total. The Balaban J connectivity index is 1.62. The highest BCUT2D eigenvalue weighted by Gasteiger charge is 2.33. The molecule has 2 aromatic carbocycles. The summed E-state index contributed by atoms with van der Waals surface area (Å²) in [5.41, 5.74) is 4.12. The van der Waals surface area contributed by atoms with E-state index in [1.165, 1.54) is 4.90 Å². The first kappa shape index (κ1) is 21.1. The summed E-state index contributed by atoms with van der Waals surface area (Å²) >= 11 is 1.57. The highest BCUT2D eigenvalue weighted by molar-refractivity contribution is 7.09. The fourth-order valence-corrected chi connectivity index (χ4v) is 4.30. The summed E-state index contributed by atoms with van der Waals surface area (Å²) in [6.45, 7) is 7.71. The lowest BCUT2D eigenvalue weighted by Gasteiger charge is -2.33. The van der Waals surface area contributed by atoms with Gasteiger partial charge < -0.3 is 10.1 Å². The monoisotopic (exact) mass is 435 g/mol. The Morgan fingerprint density at radius 1 is 1.26 bits per heavy atom. The molecule has 2 heterocycles. The molecule has 1 unspecified atom stereocenters. The summed E-state index contributed by atoms with van der Waals surface area (Å²) in [5, 5.41) is 5.91. The van der Waals surface area contributed by atoms with Gasteiger partial charge in [-0.1, -0.05) is 32.0 Å². The van der Waals surface area contributed by atoms with Gasteiger partial charge in [0.05, 0.1) is 16.4 Å². The molecule has 1 aliphatic rings. The molecule has 31 heavy (non-hydrogen) atoms. The van der Waals surface area contributed by atoms with Crippen molar-refractivity contribution in [2.24, 2.45) is 0 Å². The van der Waals surface area contributed by atoms with Gasteiger partial charge in [0.2, 0.25) is 5.91 Å². The number of rotatable bonds is 5. The van der Waals surface area contributed by atoms with E-state index >= 15 is 0 Å². The van der Waals surface area contributed by atoms with Crippen LogP contribution in [0.3, 0.4) is 0 Å². The molecule has 1 atom stereocenters. The van der Waals surface area contributed by atoms with Crippen LogP contribution in [0.5, 0.6) is 5.75 Å². The molecule has 7 heteroatoms. The number of hydrogen-bond acceptors (Lipinski definition) is 5. The third kappa shape index (κ3) is 4.32. The Kier molecular flexibility index (Phi) is 5.78. The van der Waals surface area contributed by atoms with Crippen LogP contribution in [-0.4, -0.2) is 29.4 Å². The maximum Gasteiger partial charge on any atom is 0.268 e. The zero-order valence-corrected chi connectivity index (χ0v) is 18.8. The number of carbonyl (C=O) groups excluding carboxylic acids is 2. The van der Waals surface area contributed by atoms with Crippen LogP contribution >= 0.6 is 11.3 Å².